The highest BCUT2D eigenvalue weighted by molar-refractivity contribution is 9.10. The van der Waals surface area contributed by atoms with Crippen LogP contribution in [0.15, 0.2) is 64.2 Å². The largest absolute Gasteiger partial charge is 0.503 e. The van der Waals surface area contributed by atoms with E-state index < -0.39 is 0 Å². The van der Waals surface area contributed by atoms with E-state index in [0.717, 1.165) is 10.8 Å². The Morgan fingerprint density at radius 2 is 1.96 bits per heavy atom. The lowest BCUT2D eigenvalue weighted by Gasteiger charge is -2.07. The number of hydrazone groups is 1. The van der Waals surface area contributed by atoms with Crippen molar-refractivity contribution in [3.05, 3.63) is 70.2 Å². The molecule has 0 unspecified atom stereocenters. The van der Waals surface area contributed by atoms with Gasteiger partial charge in [-0.3, -0.25) is 4.79 Å². The van der Waals surface area contributed by atoms with E-state index in [4.69, 9.17) is 4.74 Å². The number of benzene rings is 3. The molecule has 3 rings (SSSR count). The summed E-state index contributed by atoms with van der Waals surface area (Å²) >= 11 is 3.24. The number of methoxy groups -OCH3 is 1. The van der Waals surface area contributed by atoms with Gasteiger partial charge in [0.05, 0.1) is 17.8 Å². The Bertz CT molecular complexity index is 965. The summed E-state index contributed by atoms with van der Waals surface area (Å²) in [5, 5.41) is 15.6. The van der Waals surface area contributed by atoms with Crippen molar-refractivity contribution in [2.75, 3.05) is 7.11 Å². The Hall–Kier alpha value is -2.86. The van der Waals surface area contributed by atoms with Crippen LogP contribution < -0.4 is 10.2 Å². The molecular weight excluding hydrogens is 384 g/mol. The topological polar surface area (TPSA) is 70.9 Å². The van der Waals surface area contributed by atoms with E-state index in [2.05, 4.69) is 26.5 Å². The molecule has 3 aromatic carbocycles. The van der Waals surface area contributed by atoms with Gasteiger partial charge in [0.25, 0.3) is 5.91 Å². The molecule has 0 aromatic heterocycles. The van der Waals surface area contributed by atoms with Crippen molar-refractivity contribution in [1.82, 2.24) is 5.43 Å². The van der Waals surface area contributed by atoms with Gasteiger partial charge >= 0.3 is 0 Å². The maximum Gasteiger partial charge on any atom is 0.271 e. The zero-order chi connectivity index (χ0) is 17.8. The molecule has 0 saturated heterocycles. The number of phenolic OH excluding ortho intramolecular Hbond substituents is 1. The first-order chi connectivity index (χ1) is 12.1. The molecule has 0 radical (unpaired) electrons. The molecule has 3 aromatic rings. The molecule has 6 heteroatoms. The first-order valence-corrected chi connectivity index (χ1v) is 8.27. The molecule has 0 heterocycles. The third kappa shape index (κ3) is 3.64. The minimum absolute atomic E-state index is 0.0134. The Morgan fingerprint density at radius 1 is 1.20 bits per heavy atom. The van der Waals surface area contributed by atoms with Crippen molar-refractivity contribution in [2.24, 2.45) is 5.10 Å². The molecule has 2 N–H and O–H groups in total. The van der Waals surface area contributed by atoms with Gasteiger partial charge in [0.2, 0.25) is 0 Å². The van der Waals surface area contributed by atoms with Crippen LogP contribution >= 0.6 is 15.9 Å². The summed E-state index contributed by atoms with van der Waals surface area (Å²) in [6.07, 6.45) is 1.48. The van der Waals surface area contributed by atoms with E-state index in [9.17, 15) is 9.90 Å². The van der Waals surface area contributed by atoms with E-state index in [0.29, 0.717) is 21.3 Å². The molecule has 0 fully saturated rings. The average Bonchev–Trinajstić information content (AvgIpc) is 2.63. The molecule has 0 spiro atoms. The summed E-state index contributed by atoms with van der Waals surface area (Å²) in [6.45, 7) is 0. The summed E-state index contributed by atoms with van der Waals surface area (Å²) in [5.74, 6) is 0.0357. The van der Waals surface area contributed by atoms with Crippen LogP contribution in [-0.2, 0) is 0 Å². The fourth-order valence-corrected chi connectivity index (χ4v) is 2.93. The third-order valence-corrected chi connectivity index (χ3v) is 4.29. The maximum atomic E-state index is 12.4. The van der Waals surface area contributed by atoms with Crippen LogP contribution in [0.2, 0.25) is 0 Å². The Labute approximate surface area is 153 Å². The smallest absolute Gasteiger partial charge is 0.271 e. The highest BCUT2D eigenvalue weighted by Gasteiger charge is 2.09. The zero-order valence-electron chi connectivity index (χ0n) is 13.4. The number of carbonyl (C=O) groups is 1. The third-order valence-electron chi connectivity index (χ3n) is 3.68. The van der Waals surface area contributed by atoms with Crippen molar-refractivity contribution >= 4 is 38.8 Å². The van der Waals surface area contributed by atoms with E-state index in [1.807, 2.05) is 36.4 Å². The van der Waals surface area contributed by atoms with Crippen molar-refractivity contribution in [3.8, 4) is 11.5 Å². The first-order valence-electron chi connectivity index (χ1n) is 7.48. The van der Waals surface area contributed by atoms with E-state index in [1.165, 1.54) is 13.3 Å². The number of amides is 1. The van der Waals surface area contributed by atoms with E-state index in [1.54, 1.807) is 18.2 Å². The molecule has 0 atom stereocenters. The highest BCUT2D eigenvalue weighted by Crippen LogP contribution is 2.34. The number of aromatic hydroxyl groups is 1. The SMILES string of the molecule is COc1cc(/C=N\NC(=O)c2cccc3ccccc23)cc(Br)c1O. The van der Waals surface area contributed by atoms with Crippen LogP contribution in [0.25, 0.3) is 10.8 Å². The van der Waals surface area contributed by atoms with E-state index >= 15 is 0 Å². The van der Waals surface area contributed by atoms with Crippen LogP contribution in [-0.4, -0.2) is 24.3 Å². The summed E-state index contributed by atoms with van der Waals surface area (Å²) in [5.41, 5.74) is 3.74. The molecule has 0 aliphatic rings. The zero-order valence-corrected chi connectivity index (χ0v) is 14.9. The molecular formula is C19H15BrN2O3. The minimum Gasteiger partial charge on any atom is -0.503 e. The van der Waals surface area contributed by atoms with Crippen LogP contribution in [0.5, 0.6) is 11.5 Å². The number of nitrogens with one attached hydrogen (secondary N) is 1. The lowest BCUT2D eigenvalue weighted by molar-refractivity contribution is 0.0957. The highest BCUT2D eigenvalue weighted by atomic mass is 79.9. The predicted octanol–water partition coefficient (Wildman–Crippen LogP) is 4.08. The van der Waals surface area contributed by atoms with Crippen molar-refractivity contribution in [3.63, 3.8) is 0 Å². The fourth-order valence-electron chi connectivity index (χ4n) is 2.47. The first kappa shape index (κ1) is 17.0. The van der Waals surface area contributed by atoms with Gasteiger partial charge in [0, 0.05) is 5.56 Å². The number of hydrogen-bond donors (Lipinski definition) is 2. The average molecular weight is 399 g/mol. The summed E-state index contributed by atoms with van der Waals surface area (Å²) in [7, 11) is 1.46. The minimum atomic E-state index is -0.294. The fraction of sp³-hybridized carbons (Fsp3) is 0.0526. The van der Waals surface area contributed by atoms with Gasteiger partial charge in [-0.1, -0.05) is 36.4 Å². The van der Waals surface area contributed by atoms with Gasteiger partial charge in [-0.25, -0.2) is 5.43 Å². The van der Waals surface area contributed by atoms with Crippen LogP contribution in [0, 0.1) is 0 Å². The number of nitrogens with zero attached hydrogens (tertiary/aromatic N) is 1. The van der Waals surface area contributed by atoms with Gasteiger partial charge in [-0.15, -0.1) is 0 Å². The predicted molar refractivity (Wildman–Crippen MR) is 101 cm³/mol. The number of phenols is 1. The molecule has 1 amide bonds. The number of hydrogen-bond acceptors (Lipinski definition) is 4. The van der Waals surface area contributed by atoms with Crippen LogP contribution in [0.3, 0.4) is 0 Å². The Balaban J connectivity index is 1.80. The Morgan fingerprint density at radius 3 is 2.76 bits per heavy atom. The molecule has 0 saturated carbocycles. The lowest BCUT2D eigenvalue weighted by Crippen LogP contribution is -2.17. The molecule has 0 aliphatic carbocycles. The van der Waals surface area contributed by atoms with Gasteiger partial charge in [0.1, 0.15) is 0 Å². The summed E-state index contributed by atoms with van der Waals surface area (Å²) < 4.78 is 5.56. The number of fused-ring (bicyclic) bond motifs is 1. The molecule has 0 bridgehead atoms. The van der Waals surface area contributed by atoms with Gasteiger partial charge in [-0.05, 0) is 50.5 Å². The van der Waals surface area contributed by atoms with Gasteiger partial charge in [-0.2, -0.15) is 5.10 Å². The van der Waals surface area contributed by atoms with Crippen molar-refractivity contribution in [2.45, 2.75) is 0 Å². The second kappa shape index (κ2) is 7.36. The molecule has 0 aliphatic heterocycles. The normalized spacial score (nSPS) is 11.0. The standard InChI is InChI=1S/C19H15BrN2O3/c1-25-17-10-12(9-16(20)18(17)23)11-21-22-19(24)15-8-4-6-13-5-2-3-7-14(13)15/h2-11,23H,1H3,(H,22,24)/b21-11-. The number of carbonyl (C=O) groups excluding carboxylic acids is 1. The van der Waals surface area contributed by atoms with Crippen molar-refractivity contribution < 1.29 is 14.6 Å². The number of halogens is 1. The molecule has 126 valence electrons. The number of ether oxygens (including phenoxy) is 1. The van der Waals surface area contributed by atoms with Gasteiger partial charge < -0.3 is 9.84 Å². The quantitative estimate of drug-likeness (QED) is 0.513. The second-order valence-electron chi connectivity index (χ2n) is 5.28. The Kier molecular flexibility index (Phi) is 5.00. The monoisotopic (exact) mass is 398 g/mol. The maximum absolute atomic E-state index is 12.4. The second-order valence-corrected chi connectivity index (χ2v) is 6.13. The molecule has 25 heavy (non-hydrogen) atoms. The van der Waals surface area contributed by atoms with Gasteiger partial charge in [0.15, 0.2) is 11.5 Å². The van der Waals surface area contributed by atoms with Crippen LogP contribution in [0.4, 0.5) is 0 Å². The lowest BCUT2D eigenvalue weighted by atomic mass is 10.0. The summed E-state index contributed by atoms with van der Waals surface area (Å²) in [4.78, 5) is 12.4. The number of rotatable bonds is 4. The summed E-state index contributed by atoms with van der Waals surface area (Å²) in [6, 6.07) is 16.5. The van der Waals surface area contributed by atoms with Crippen molar-refractivity contribution in [1.29, 1.82) is 0 Å². The van der Waals surface area contributed by atoms with E-state index in [-0.39, 0.29) is 11.7 Å². The van der Waals surface area contributed by atoms with Crippen LogP contribution in [0.1, 0.15) is 15.9 Å². The molecule has 5 nitrogen and oxygen atoms in total.